The molecule has 0 aliphatic rings. The van der Waals surface area contributed by atoms with Crippen molar-refractivity contribution in [2.75, 3.05) is 11.9 Å². The number of hydrogen-bond donors (Lipinski definition) is 3. The Balaban J connectivity index is 2.40. The van der Waals surface area contributed by atoms with Crippen LogP contribution in [-0.2, 0) is 0 Å². The van der Waals surface area contributed by atoms with Crippen LogP contribution in [0.3, 0.4) is 0 Å². The molecule has 0 heterocycles. The topological polar surface area (TPSA) is 61.4 Å². The van der Waals surface area contributed by atoms with Crippen LogP contribution in [0.15, 0.2) is 24.3 Å². The molecule has 0 saturated carbocycles. The zero-order valence-corrected chi connectivity index (χ0v) is 11.4. The molecule has 5 heteroatoms. The molecular formula is C13H19ClN2O2. The van der Waals surface area contributed by atoms with Crippen LogP contribution in [0, 0.1) is 0 Å². The first-order valence-corrected chi connectivity index (χ1v) is 6.33. The molecule has 0 spiro atoms. The van der Waals surface area contributed by atoms with E-state index < -0.39 is 5.60 Å². The third-order valence-electron chi connectivity index (χ3n) is 2.52. The van der Waals surface area contributed by atoms with Gasteiger partial charge in [0.25, 0.3) is 0 Å². The molecule has 0 saturated heterocycles. The first-order valence-electron chi connectivity index (χ1n) is 5.96. The van der Waals surface area contributed by atoms with Crippen molar-refractivity contribution in [3.63, 3.8) is 0 Å². The molecule has 0 radical (unpaired) electrons. The number of urea groups is 1. The van der Waals surface area contributed by atoms with Crippen LogP contribution in [0.1, 0.15) is 26.7 Å². The average Bonchev–Trinajstić information content (AvgIpc) is 2.30. The van der Waals surface area contributed by atoms with E-state index in [9.17, 15) is 9.90 Å². The predicted octanol–water partition coefficient (Wildman–Crippen LogP) is 3.01. The van der Waals surface area contributed by atoms with Gasteiger partial charge in [-0.1, -0.05) is 24.9 Å². The molecule has 1 atom stereocenters. The van der Waals surface area contributed by atoms with Crippen LogP contribution < -0.4 is 10.6 Å². The Morgan fingerprint density at radius 2 is 2.00 bits per heavy atom. The quantitative estimate of drug-likeness (QED) is 0.770. The Labute approximate surface area is 112 Å². The Kier molecular flexibility index (Phi) is 5.44. The first-order chi connectivity index (χ1) is 8.43. The standard InChI is InChI=1S/C13H19ClN2O2/c1-3-8-13(2,18)9-15-12(17)16-11-6-4-10(14)5-7-11/h4-7,18H,3,8-9H2,1-2H3,(H2,15,16,17). The Hall–Kier alpha value is -1.26. The maximum Gasteiger partial charge on any atom is 0.319 e. The minimum atomic E-state index is -0.869. The Morgan fingerprint density at radius 3 is 2.56 bits per heavy atom. The second-order valence-corrected chi connectivity index (χ2v) is 5.00. The molecule has 4 nitrogen and oxygen atoms in total. The number of halogens is 1. The van der Waals surface area contributed by atoms with E-state index in [0.29, 0.717) is 17.1 Å². The maximum absolute atomic E-state index is 11.6. The molecule has 1 unspecified atom stereocenters. The monoisotopic (exact) mass is 270 g/mol. The highest BCUT2D eigenvalue weighted by molar-refractivity contribution is 6.30. The summed E-state index contributed by atoms with van der Waals surface area (Å²) in [5.74, 6) is 0. The highest BCUT2D eigenvalue weighted by atomic mass is 35.5. The van der Waals surface area contributed by atoms with E-state index >= 15 is 0 Å². The summed E-state index contributed by atoms with van der Waals surface area (Å²) >= 11 is 5.74. The van der Waals surface area contributed by atoms with Gasteiger partial charge < -0.3 is 15.7 Å². The van der Waals surface area contributed by atoms with Crippen LogP contribution in [0.4, 0.5) is 10.5 Å². The summed E-state index contributed by atoms with van der Waals surface area (Å²) in [6, 6.07) is 6.49. The molecule has 0 aromatic heterocycles. The molecule has 0 aliphatic heterocycles. The van der Waals surface area contributed by atoms with Gasteiger partial charge in [0, 0.05) is 17.3 Å². The van der Waals surface area contributed by atoms with E-state index in [1.54, 1.807) is 31.2 Å². The fourth-order valence-electron chi connectivity index (χ4n) is 1.61. The number of hydrogen-bond acceptors (Lipinski definition) is 2. The van der Waals surface area contributed by atoms with E-state index in [-0.39, 0.29) is 12.6 Å². The smallest absolute Gasteiger partial charge is 0.319 e. The number of amides is 2. The summed E-state index contributed by atoms with van der Waals surface area (Å²) in [5, 5.41) is 15.8. The van der Waals surface area contributed by atoms with E-state index in [2.05, 4.69) is 10.6 Å². The van der Waals surface area contributed by atoms with Crippen molar-refractivity contribution in [2.24, 2.45) is 0 Å². The SMILES string of the molecule is CCCC(C)(O)CNC(=O)Nc1ccc(Cl)cc1. The minimum Gasteiger partial charge on any atom is -0.388 e. The van der Waals surface area contributed by atoms with Gasteiger partial charge in [-0.3, -0.25) is 0 Å². The molecule has 0 aliphatic carbocycles. The Morgan fingerprint density at radius 1 is 1.39 bits per heavy atom. The second kappa shape index (κ2) is 6.61. The van der Waals surface area contributed by atoms with Gasteiger partial charge in [0.05, 0.1) is 5.60 Å². The van der Waals surface area contributed by atoms with Crippen molar-refractivity contribution in [1.82, 2.24) is 5.32 Å². The summed E-state index contributed by atoms with van der Waals surface area (Å²) in [6.07, 6.45) is 1.52. The van der Waals surface area contributed by atoms with Crippen molar-refractivity contribution in [3.05, 3.63) is 29.3 Å². The molecule has 100 valence electrons. The van der Waals surface area contributed by atoms with Crippen LogP contribution >= 0.6 is 11.6 Å². The highest BCUT2D eigenvalue weighted by Gasteiger charge is 2.19. The number of rotatable bonds is 5. The summed E-state index contributed by atoms with van der Waals surface area (Å²) in [7, 11) is 0. The summed E-state index contributed by atoms with van der Waals surface area (Å²) < 4.78 is 0. The van der Waals surface area contributed by atoms with Crippen LogP contribution in [0.25, 0.3) is 0 Å². The number of benzene rings is 1. The predicted molar refractivity (Wildman–Crippen MR) is 74.0 cm³/mol. The average molecular weight is 271 g/mol. The van der Waals surface area contributed by atoms with Gasteiger partial charge >= 0.3 is 6.03 Å². The lowest BCUT2D eigenvalue weighted by molar-refractivity contribution is 0.0529. The maximum atomic E-state index is 11.6. The number of carbonyl (C=O) groups excluding carboxylic acids is 1. The highest BCUT2D eigenvalue weighted by Crippen LogP contribution is 2.13. The lowest BCUT2D eigenvalue weighted by atomic mass is 10.0. The van der Waals surface area contributed by atoms with Crippen LogP contribution in [0.5, 0.6) is 0 Å². The van der Waals surface area contributed by atoms with E-state index in [0.717, 1.165) is 6.42 Å². The molecule has 18 heavy (non-hydrogen) atoms. The minimum absolute atomic E-state index is 0.222. The number of anilines is 1. The Bertz CT molecular complexity index is 390. The van der Waals surface area contributed by atoms with Gasteiger partial charge in [-0.15, -0.1) is 0 Å². The van der Waals surface area contributed by atoms with E-state index in [1.807, 2.05) is 6.92 Å². The van der Waals surface area contributed by atoms with Gasteiger partial charge in [-0.2, -0.15) is 0 Å². The lowest BCUT2D eigenvalue weighted by Gasteiger charge is -2.22. The molecule has 1 rings (SSSR count). The molecule has 2 amide bonds. The van der Waals surface area contributed by atoms with Gasteiger partial charge in [-0.05, 0) is 37.6 Å². The van der Waals surface area contributed by atoms with Crippen molar-refractivity contribution < 1.29 is 9.90 Å². The zero-order valence-electron chi connectivity index (χ0n) is 10.7. The first kappa shape index (κ1) is 14.8. The molecule has 3 N–H and O–H groups in total. The van der Waals surface area contributed by atoms with Gasteiger partial charge in [0.15, 0.2) is 0 Å². The molecule has 1 aromatic rings. The van der Waals surface area contributed by atoms with Gasteiger partial charge in [-0.25, -0.2) is 4.79 Å². The fourth-order valence-corrected chi connectivity index (χ4v) is 1.73. The normalized spacial score (nSPS) is 13.8. The van der Waals surface area contributed by atoms with Crippen LogP contribution in [-0.4, -0.2) is 23.3 Å². The zero-order chi connectivity index (χ0) is 13.6. The molecule has 0 bridgehead atoms. The van der Waals surface area contributed by atoms with Gasteiger partial charge in [0.1, 0.15) is 0 Å². The second-order valence-electron chi connectivity index (χ2n) is 4.56. The largest absolute Gasteiger partial charge is 0.388 e. The molecule has 1 aromatic carbocycles. The third kappa shape index (κ3) is 5.38. The van der Waals surface area contributed by atoms with Crippen molar-refractivity contribution in [3.8, 4) is 0 Å². The van der Waals surface area contributed by atoms with Crippen LogP contribution in [0.2, 0.25) is 5.02 Å². The fraction of sp³-hybridized carbons (Fsp3) is 0.462. The van der Waals surface area contributed by atoms with Crippen molar-refractivity contribution in [1.29, 1.82) is 0 Å². The third-order valence-corrected chi connectivity index (χ3v) is 2.77. The number of aliphatic hydroxyl groups is 1. The summed E-state index contributed by atoms with van der Waals surface area (Å²) in [5.41, 5.74) is -0.210. The summed E-state index contributed by atoms with van der Waals surface area (Å²) in [6.45, 7) is 3.92. The van der Waals surface area contributed by atoms with Gasteiger partial charge in [0.2, 0.25) is 0 Å². The molecular weight excluding hydrogens is 252 g/mol. The van der Waals surface area contributed by atoms with E-state index in [4.69, 9.17) is 11.6 Å². The molecule has 0 fully saturated rings. The van der Waals surface area contributed by atoms with E-state index in [1.165, 1.54) is 0 Å². The van der Waals surface area contributed by atoms with Crippen molar-refractivity contribution >= 4 is 23.3 Å². The number of carbonyl (C=O) groups is 1. The summed E-state index contributed by atoms with van der Waals surface area (Å²) in [4.78, 5) is 11.6. The van der Waals surface area contributed by atoms with Crippen molar-refractivity contribution in [2.45, 2.75) is 32.3 Å². The lowest BCUT2D eigenvalue weighted by Crippen LogP contribution is -2.42. The number of nitrogens with one attached hydrogen (secondary N) is 2.